The van der Waals surface area contributed by atoms with Gasteiger partial charge in [-0.05, 0) is 50.2 Å². The largest absolute Gasteiger partial charge is 0.483 e. The number of aromatic nitrogens is 3. The molecule has 3 aromatic rings. The number of likely N-dealkylation sites (tertiary alicyclic amines) is 1. The highest BCUT2D eigenvalue weighted by atomic mass is 19.3. The minimum atomic E-state index is -3.38. The number of nitrogens with zero attached hydrogens (tertiary/aromatic N) is 7. The van der Waals surface area contributed by atoms with Crippen LogP contribution in [0.1, 0.15) is 25.8 Å². The maximum Gasteiger partial charge on any atom is 0.301 e. The van der Waals surface area contributed by atoms with Crippen LogP contribution in [-0.4, -0.2) is 119 Å². The molecule has 3 aliphatic rings. The first-order chi connectivity index (χ1) is 23.1. The Balaban J connectivity index is 1.13. The fourth-order valence-electron chi connectivity index (χ4n) is 6.29. The summed E-state index contributed by atoms with van der Waals surface area (Å²) in [6.45, 7) is 6.77. The van der Waals surface area contributed by atoms with Gasteiger partial charge in [0.1, 0.15) is 29.4 Å². The first-order valence-corrected chi connectivity index (χ1v) is 15.9. The second kappa shape index (κ2) is 13.8. The Bertz CT molecular complexity index is 1680. The van der Waals surface area contributed by atoms with E-state index in [0.29, 0.717) is 35.0 Å². The summed E-state index contributed by atoms with van der Waals surface area (Å²) in [6, 6.07) is 12.9. The fraction of sp³-hybridized carbons (Fsp3) is 0.485. The summed E-state index contributed by atoms with van der Waals surface area (Å²) in [5.41, 5.74) is 1.99. The maximum absolute atomic E-state index is 14.9. The van der Waals surface area contributed by atoms with Crippen LogP contribution in [0, 0.1) is 11.3 Å². The Labute approximate surface area is 277 Å². The Morgan fingerprint density at radius 3 is 2.67 bits per heavy atom. The Kier molecular flexibility index (Phi) is 9.58. The van der Waals surface area contributed by atoms with Crippen molar-refractivity contribution in [2.75, 3.05) is 63.3 Å². The van der Waals surface area contributed by atoms with Gasteiger partial charge in [0.2, 0.25) is 11.8 Å². The summed E-state index contributed by atoms with van der Waals surface area (Å²) < 4.78 is 46.5. The Morgan fingerprint density at radius 1 is 1.19 bits per heavy atom. The molecule has 13 nitrogen and oxygen atoms in total. The standard InChI is InChI=1S/C33H38F2N8O5/c1-20-16-41(12-13-43(20)24-17-47-18-24)26-5-7-29(39-30(26)46-3)40-32-37-10-8-25(38-32)22-4-6-27(23(14-22)15-36)48-28-9-11-42(19-33(28,34)35)31(45)21(2)44/h4-8,10,14,20-21,24,28,44H,9,11-13,16-19H2,1-3H3,(H,37,38,39,40)/t20-,21-,28?/m0/s1. The number of piperidine rings is 1. The molecule has 1 unspecified atom stereocenters. The van der Waals surface area contributed by atoms with Gasteiger partial charge in [-0.3, -0.25) is 9.69 Å². The zero-order chi connectivity index (χ0) is 34.0. The van der Waals surface area contributed by atoms with Crippen LogP contribution in [-0.2, 0) is 9.53 Å². The molecule has 0 spiro atoms. The van der Waals surface area contributed by atoms with Gasteiger partial charge in [-0.15, -0.1) is 0 Å². The molecule has 0 saturated carbocycles. The van der Waals surface area contributed by atoms with Crippen LogP contribution in [0.5, 0.6) is 11.6 Å². The average Bonchev–Trinajstić information content (AvgIpc) is 3.05. The number of halogens is 2. The van der Waals surface area contributed by atoms with Crippen molar-refractivity contribution in [3.05, 3.63) is 48.2 Å². The third-order valence-electron chi connectivity index (χ3n) is 8.91. The number of amides is 1. The van der Waals surface area contributed by atoms with Crippen molar-refractivity contribution in [2.24, 2.45) is 0 Å². The van der Waals surface area contributed by atoms with Crippen LogP contribution in [0.4, 0.5) is 26.2 Å². The summed E-state index contributed by atoms with van der Waals surface area (Å²) in [5.74, 6) is -2.93. The van der Waals surface area contributed by atoms with E-state index in [1.165, 1.54) is 19.1 Å². The number of nitrogens with one attached hydrogen (secondary N) is 1. The summed E-state index contributed by atoms with van der Waals surface area (Å²) in [4.78, 5) is 31.3. The molecule has 2 aromatic heterocycles. The lowest BCUT2D eigenvalue weighted by Crippen LogP contribution is -2.60. The molecule has 254 valence electrons. The second-order valence-corrected chi connectivity index (χ2v) is 12.3. The summed E-state index contributed by atoms with van der Waals surface area (Å²) >= 11 is 0. The number of hydrogen-bond acceptors (Lipinski definition) is 12. The van der Waals surface area contributed by atoms with E-state index in [1.54, 1.807) is 25.4 Å². The highest BCUT2D eigenvalue weighted by Gasteiger charge is 2.48. The van der Waals surface area contributed by atoms with Crippen molar-refractivity contribution in [3.63, 3.8) is 0 Å². The minimum Gasteiger partial charge on any atom is -0.483 e. The number of carbonyl (C=O) groups is 1. The Hall–Kier alpha value is -4.65. The number of rotatable bonds is 9. The van der Waals surface area contributed by atoms with Crippen LogP contribution in [0.2, 0.25) is 0 Å². The molecule has 6 rings (SSSR count). The lowest BCUT2D eigenvalue weighted by molar-refractivity contribution is -0.165. The number of alkyl halides is 2. The molecule has 5 heterocycles. The van der Waals surface area contributed by atoms with E-state index >= 15 is 0 Å². The summed E-state index contributed by atoms with van der Waals surface area (Å²) in [5, 5.41) is 22.5. The van der Waals surface area contributed by atoms with E-state index < -0.39 is 30.6 Å². The topological polar surface area (TPSA) is 149 Å². The van der Waals surface area contributed by atoms with Gasteiger partial charge in [0.15, 0.2) is 6.10 Å². The molecule has 0 aliphatic carbocycles. The zero-order valence-electron chi connectivity index (χ0n) is 27.0. The molecule has 3 atom stereocenters. The first kappa shape index (κ1) is 33.3. The van der Waals surface area contributed by atoms with Gasteiger partial charge in [-0.25, -0.2) is 18.7 Å². The zero-order valence-corrected chi connectivity index (χ0v) is 27.0. The molecule has 15 heteroatoms. The van der Waals surface area contributed by atoms with Crippen LogP contribution in [0.3, 0.4) is 0 Å². The van der Waals surface area contributed by atoms with Crippen LogP contribution in [0.15, 0.2) is 42.6 Å². The quantitative estimate of drug-likeness (QED) is 0.346. The monoisotopic (exact) mass is 664 g/mol. The number of anilines is 3. The van der Waals surface area contributed by atoms with E-state index in [-0.39, 0.29) is 30.2 Å². The van der Waals surface area contributed by atoms with Gasteiger partial charge in [-0.2, -0.15) is 10.2 Å². The van der Waals surface area contributed by atoms with Crippen molar-refractivity contribution in [1.29, 1.82) is 5.26 Å². The summed E-state index contributed by atoms with van der Waals surface area (Å²) in [7, 11) is 1.58. The number of methoxy groups -OCH3 is 1. The van der Waals surface area contributed by atoms with Gasteiger partial charge in [0.05, 0.1) is 44.2 Å². The third kappa shape index (κ3) is 6.96. The molecule has 1 amide bonds. The SMILES string of the molecule is COc1nc(Nc2nccc(-c3ccc(OC4CCN(C(=O)[C@H](C)O)CC4(F)F)c(C#N)c3)n2)ccc1N1CCN(C2COC2)[C@@H](C)C1. The minimum absolute atomic E-state index is 0.00196. The summed E-state index contributed by atoms with van der Waals surface area (Å²) in [6.07, 6.45) is -1.52. The molecule has 2 N–H and O–H groups in total. The van der Waals surface area contributed by atoms with Gasteiger partial charge in [-0.1, -0.05) is 0 Å². The first-order valence-electron chi connectivity index (χ1n) is 15.9. The van der Waals surface area contributed by atoms with Gasteiger partial charge < -0.3 is 34.4 Å². The van der Waals surface area contributed by atoms with E-state index in [9.17, 15) is 23.9 Å². The van der Waals surface area contributed by atoms with Crippen molar-refractivity contribution >= 4 is 23.4 Å². The lowest BCUT2D eigenvalue weighted by Gasteiger charge is -2.47. The smallest absolute Gasteiger partial charge is 0.301 e. The molecule has 3 saturated heterocycles. The molecule has 0 bridgehead atoms. The number of benzene rings is 1. The number of pyridine rings is 1. The number of nitriles is 1. The number of piperazine rings is 1. The molecule has 0 radical (unpaired) electrons. The molecule has 3 fully saturated rings. The molecular weight excluding hydrogens is 626 g/mol. The maximum atomic E-state index is 14.9. The van der Waals surface area contributed by atoms with Crippen LogP contribution in [0.25, 0.3) is 11.3 Å². The van der Waals surface area contributed by atoms with Gasteiger partial charge in [0, 0.05) is 50.4 Å². The van der Waals surface area contributed by atoms with E-state index in [4.69, 9.17) is 14.2 Å². The molecular formula is C33H38F2N8O5. The number of aliphatic hydroxyl groups excluding tert-OH is 1. The third-order valence-corrected chi connectivity index (χ3v) is 8.91. The van der Waals surface area contributed by atoms with Crippen molar-refractivity contribution in [3.8, 4) is 29.0 Å². The van der Waals surface area contributed by atoms with E-state index in [1.807, 2.05) is 18.2 Å². The number of aliphatic hydroxyl groups is 1. The van der Waals surface area contributed by atoms with Crippen LogP contribution < -0.4 is 19.7 Å². The van der Waals surface area contributed by atoms with Gasteiger partial charge in [0.25, 0.3) is 5.91 Å². The number of hydrogen-bond donors (Lipinski definition) is 2. The Morgan fingerprint density at radius 2 is 2.00 bits per heavy atom. The average molecular weight is 665 g/mol. The fourth-order valence-corrected chi connectivity index (χ4v) is 6.29. The van der Waals surface area contributed by atoms with E-state index in [2.05, 4.69) is 37.0 Å². The molecule has 1 aromatic carbocycles. The van der Waals surface area contributed by atoms with Crippen molar-refractivity contribution in [1.82, 2.24) is 24.8 Å². The second-order valence-electron chi connectivity index (χ2n) is 12.3. The van der Waals surface area contributed by atoms with E-state index in [0.717, 1.165) is 43.4 Å². The molecule has 48 heavy (non-hydrogen) atoms. The predicted octanol–water partition coefficient (Wildman–Crippen LogP) is 3.07. The van der Waals surface area contributed by atoms with Gasteiger partial charge >= 0.3 is 5.92 Å². The number of ether oxygens (including phenoxy) is 3. The lowest BCUT2D eigenvalue weighted by atomic mass is 10.0. The van der Waals surface area contributed by atoms with Crippen LogP contribution >= 0.6 is 0 Å². The highest BCUT2D eigenvalue weighted by molar-refractivity contribution is 5.80. The van der Waals surface area contributed by atoms with Crippen molar-refractivity contribution < 1.29 is 32.9 Å². The normalized spacial score (nSPS) is 21.9. The van der Waals surface area contributed by atoms with Crippen molar-refractivity contribution in [2.45, 2.75) is 50.5 Å². The predicted molar refractivity (Wildman–Crippen MR) is 171 cm³/mol. The number of carbonyl (C=O) groups excluding carboxylic acids is 1. The molecule has 3 aliphatic heterocycles. The highest BCUT2D eigenvalue weighted by Crippen LogP contribution is 2.35.